The first-order valence-electron chi connectivity index (χ1n) is 6.67. The Hall–Kier alpha value is -2.44. The maximum absolute atomic E-state index is 12.4. The number of rotatable bonds is 5. The molecule has 0 bridgehead atoms. The van der Waals surface area contributed by atoms with Gasteiger partial charge in [0, 0.05) is 30.9 Å². The lowest BCUT2D eigenvalue weighted by atomic mass is 10.1. The van der Waals surface area contributed by atoms with E-state index in [1.807, 2.05) is 0 Å². The van der Waals surface area contributed by atoms with Crippen molar-refractivity contribution < 1.29 is 19.1 Å². The van der Waals surface area contributed by atoms with Crippen molar-refractivity contribution in [1.29, 1.82) is 0 Å². The molecule has 1 fully saturated rings. The third-order valence-electron chi connectivity index (χ3n) is 3.30. The molecule has 1 saturated heterocycles. The Labute approximate surface area is 122 Å². The summed E-state index contributed by atoms with van der Waals surface area (Å²) in [4.78, 5) is 40.9. The Morgan fingerprint density at radius 3 is 2.90 bits per heavy atom. The minimum absolute atomic E-state index is 0.0722. The predicted molar refractivity (Wildman–Crippen MR) is 73.0 cm³/mol. The largest absolute Gasteiger partial charge is 0.468 e. The van der Waals surface area contributed by atoms with Crippen LogP contribution in [0.1, 0.15) is 24.4 Å². The van der Waals surface area contributed by atoms with Crippen LogP contribution in [0.3, 0.4) is 0 Å². The minimum Gasteiger partial charge on any atom is -0.468 e. The van der Waals surface area contributed by atoms with Crippen molar-refractivity contribution in [1.82, 2.24) is 15.2 Å². The lowest BCUT2D eigenvalue weighted by molar-refractivity contribution is -0.142. The zero-order valence-corrected chi connectivity index (χ0v) is 11.7. The molecule has 7 nitrogen and oxygen atoms in total. The smallest absolute Gasteiger partial charge is 0.325 e. The van der Waals surface area contributed by atoms with E-state index < -0.39 is 17.9 Å². The van der Waals surface area contributed by atoms with Gasteiger partial charge < -0.3 is 15.0 Å². The van der Waals surface area contributed by atoms with Crippen molar-refractivity contribution in [3.8, 4) is 0 Å². The highest BCUT2D eigenvalue weighted by Gasteiger charge is 2.34. The SMILES string of the molecule is COC(=O)CNC(=O)C(c1cccnc1)N1CCCC1=O. The summed E-state index contributed by atoms with van der Waals surface area (Å²) in [5, 5.41) is 2.49. The number of likely N-dealkylation sites (tertiary alicyclic amines) is 1. The first kappa shape index (κ1) is 15.0. The highest BCUT2D eigenvalue weighted by Crippen LogP contribution is 2.25. The molecule has 0 saturated carbocycles. The van der Waals surface area contributed by atoms with Crippen LogP contribution < -0.4 is 5.32 Å². The molecule has 1 atom stereocenters. The number of methoxy groups -OCH3 is 1. The van der Waals surface area contributed by atoms with Crippen molar-refractivity contribution >= 4 is 17.8 Å². The van der Waals surface area contributed by atoms with Crippen LogP contribution in [0.4, 0.5) is 0 Å². The van der Waals surface area contributed by atoms with E-state index in [4.69, 9.17) is 0 Å². The molecule has 1 unspecified atom stereocenters. The second kappa shape index (κ2) is 6.83. The number of ether oxygens (including phenoxy) is 1. The number of hydrogen-bond acceptors (Lipinski definition) is 5. The van der Waals surface area contributed by atoms with Gasteiger partial charge in [0.25, 0.3) is 0 Å². The van der Waals surface area contributed by atoms with E-state index in [0.717, 1.165) is 6.42 Å². The Bertz CT molecular complexity index is 532. The summed E-state index contributed by atoms with van der Waals surface area (Å²) in [5.74, 6) is -1.03. The molecule has 0 radical (unpaired) electrons. The summed E-state index contributed by atoms with van der Waals surface area (Å²) >= 11 is 0. The number of nitrogens with one attached hydrogen (secondary N) is 1. The number of carbonyl (C=O) groups excluding carboxylic acids is 3. The van der Waals surface area contributed by atoms with Crippen LogP contribution in [0.2, 0.25) is 0 Å². The molecule has 1 aliphatic heterocycles. The van der Waals surface area contributed by atoms with Gasteiger partial charge in [-0.3, -0.25) is 19.4 Å². The van der Waals surface area contributed by atoms with Gasteiger partial charge in [-0.05, 0) is 12.5 Å². The van der Waals surface area contributed by atoms with Crippen molar-refractivity contribution in [2.45, 2.75) is 18.9 Å². The van der Waals surface area contributed by atoms with Gasteiger partial charge in [-0.2, -0.15) is 0 Å². The van der Waals surface area contributed by atoms with E-state index in [2.05, 4.69) is 15.0 Å². The Morgan fingerprint density at radius 1 is 1.52 bits per heavy atom. The molecule has 2 rings (SSSR count). The van der Waals surface area contributed by atoms with E-state index in [1.54, 1.807) is 24.5 Å². The zero-order valence-electron chi connectivity index (χ0n) is 11.7. The standard InChI is InChI=1S/C14H17N3O4/c1-21-12(19)9-16-14(20)13(10-4-2-6-15-8-10)17-7-3-5-11(17)18/h2,4,6,8,13H,3,5,7,9H2,1H3,(H,16,20). The molecule has 112 valence electrons. The Morgan fingerprint density at radius 2 is 2.33 bits per heavy atom. The molecule has 7 heteroatoms. The third kappa shape index (κ3) is 3.56. The molecule has 0 spiro atoms. The fourth-order valence-electron chi connectivity index (χ4n) is 2.28. The van der Waals surface area contributed by atoms with Crippen LogP contribution in [0.5, 0.6) is 0 Å². The molecule has 21 heavy (non-hydrogen) atoms. The van der Waals surface area contributed by atoms with Crippen molar-refractivity contribution in [2.75, 3.05) is 20.2 Å². The van der Waals surface area contributed by atoms with Crippen molar-refractivity contribution in [2.24, 2.45) is 0 Å². The lowest BCUT2D eigenvalue weighted by Crippen LogP contribution is -2.43. The average molecular weight is 291 g/mol. The molecule has 1 N–H and O–H groups in total. The number of hydrogen-bond donors (Lipinski definition) is 1. The van der Waals surface area contributed by atoms with Gasteiger partial charge in [-0.15, -0.1) is 0 Å². The summed E-state index contributed by atoms with van der Waals surface area (Å²) in [7, 11) is 1.25. The number of esters is 1. The second-order valence-corrected chi connectivity index (χ2v) is 4.67. The van der Waals surface area contributed by atoms with E-state index >= 15 is 0 Å². The Kier molecular flexibility index (Phi) is 4.86. The van der Waals surface area contributed by atoms with E-state index in [0.29, 0.717) is 18.5 Å². The van der Waals surface area contributed by atoms with Gasteiger partial charge in [-0.25, -0.2) is 0 Å². The number of carbonyl (C=O) groups is 3. The van der Waals surface area contributed by atoms with Crippen LogP contribution >= 0.6 is 0 Å². The van der Waals surface area contributed by atoms with Crippen molar-refractivity contribution in [3.63, 3.8) is 0 Å². The molecular formula is C14H17N3O4. The number of pyridine rings is 1. The second-order valence-electron chi connectivity index (χ2n) is 4.67. The summed E-state index contributed by atoms with van der Waals surface area (Å²) in [5.41, 5.74) is 0.620. The first-order valence-corrected chi connectivity index (χ1v) is 6.67. The molecule has 1 aromatic rings. The highest BCUT2D eigenvalue weighted by atomic mass is 16.5. The van der Waals surface area contributed by atoms with Crippen LogP contribution in [0.25, 0.3) is 0 Å². The molecular weight excluding hydrogens is 274 g/mol. The summed E-state index contributed by atoms with van der Waals surface area (Å²) < 4.78 is 4.49. The molecule has 1 aliphatic rings. The zero-order chi connectivity index (χ0) is 15.2. The number of amides is 2. The van der Waals surface area contributed by atoms with E-state index in [9.17, 15) is 14.4 Å². The van der Waals surface area contributed by atoms with Crippen LogP contribution in [0.15, 0.2) is 24.5 Å². The maximum Gasteiger partial charge on any atom is 0.325 e. The van der Waals surface area contributed by atoms with E-state index in [-0.39, 0.29) is 12.5 Å². The van der Waals surface area contributed by atoms with Crippen LogP contribution in [-0.4, -0.2) is 47.9 Å². The lowest BCUT2D eigenvalue weighted by Gasteiger charge is -2.26. The van der Waals surface area contributed by atoms with Crippen LogP contribution in [0, 0.1) is 0 Å². The molecule has 0 aliphatic carbocycles. The summed E-state index contributed by atoms with van der Waals surface area (Å²) in [6, 6.07) is 2.68. The third-order valence-corrected chi connectivity index (χ3v) is 3.30. The highest BCUT2D eigenvalue weighted by molar-refractivity contribution is 5.91. The minimum atomic E-state index is -0.765. The summed E-state index contributed by atoms with van der Waals surface area (Å²) in [6.07, 6.45) is 4.30. The fourth-order valence-corrected chi connectivity index (χ4v) is 2.28. The molecule has 1 aromatic heterocycles. The van der Waals surface area contributed by atoms with Gasteiger partial charge in [-0.1, -0.05) is 6.07 Å². The topological polar surface area (TPSA) is 88.6 Å². The fraction of sp³-hybridized carbons (Fsp3) is 0.429. The van der Waals surface area contributed by atoms with Gasteiger partial charge in [0.15, 0.2) is 0 Å². The normalized spacial score (nSPS) is 15.7. The van der Waals surface area contributed by atoms with E-state index in [1.165, 1.54) is 12.0 Å². The number of aromatic nitrogens is 1. The van der Waals surface area contributed by atoms with Crippen LogP contribution in [-0.2, 0) is 19.1 Å². The summed E-state index contributed by atoms with van der Waals surface area (Å²) in [6.45, 7) is 0.290. The van der Waals surface area contributed by atoms with Crippen molar-refractivity contribution in [3.05, 3.63) is 30.1 Å². The average Bonchev–Trinajstić information content (AvgIpc) is 2.92. The monoisotopic (exact) mass is 291 g/mol. The van der Waals surface area contributed by atoms with Gasteiger partial charge in [0.2, 0.25) is 11.8 Å². The maximum atomic E-state index is 12.4. The van der Waals surface area contributed by atoms with Gasteiger partial charge >= 0.3 is 5.97 Å². The Balaban J connectivity index is 2.18. The number of nitrogens with zero attached hydrogens (tertiary/aromatic N) is 2. The first-order chi connectivity index (χ1) is 10.1. The molecule has 2 heterocycles. The molecule has 2 amide bonds. The molecule has 0 aromatic carbocycles. The quantitative estimate of drug-likeness (QED) is 0.773. The predicted octanol–water partition coefficient (Wildman–Crippen LogP) is 0.0343. The van der Waals surface area contributed by atoms with Gasteiger partial charge in [0.05, 0.1) is 7.11 Å². The van der Waals surface area contributed by atoms with Gasteiger partial charge in [0.1, 0.15) is 12.6 Å².